The highest BCUT2D eigenvalue weighted by atomic mass is 32.2. The van der Waals surface area contributed by atoms with Gasteiger partial charge in [-0.05, 0) is 61.4 Å². The molecule has 0 fully saturated rings. The van der Waals surface area contributed by atoms with E-state index in [9.17, 15) is 16.8 Å². The van der Waals surface area contributed by atoms with E-state index in [1.54, 1.807) is 12.1 Å². The van der Waals surface area contributed by atoms with Crippen LogP contribution < -0.4 is 14.2 Å². The Labute approximate surface area is 171 Å². The second-order valence-electron chi connectivity index (χ2n) is 6.55. The third-order valence-corrected chi connectivity index (χ3v) is 7.21. The number of ether oxygens (including phenoxy) is 1. The number of methoxy groups -OCH3 is 1. The van der Waals surface area contributed by atoms with Gasteiger partial charge in [0.2, 0.25) is 0 Å². The van der Waals surface area contributed by atoms with Gasteiger partial charge in [-0.3, -0.25) is 14.4 Å². The zero-order valence-electron chi connectivity index (χ0n) is 16.0. The van der Waals surface area contributed by atoms with E-state index in [0.29, 0.717) is 24.6 Å². The summed E-state index contributed by atoms with van der Waals surface area (Å²) in [6, 6.07) is 11.5. The van der Waals surface area contributed by atoms with E-state index < -0.39 is 20.0 Å². The van der Waals surface area contributed by atoms with E-state index in [1.165, 1.54) is 43.5 Å². The van der Waals surface area contributed by atoms with E-state index in [0.717, 1.165) is 19.3 Å². The van der Waals surface area contributed by atoms with E-state index in [1.807, 2.05) is 0 Å². The molecule has 156 valence electrons. The molecule has 8 nitrogen and oxygen atoms in total. The number of nitrogens with zero attached hydrogens (tertiary/aromatic N) is 1. The Morgan fingerprint density at radius 2 is 1.38 bits per heavy atom. The van der Waals surface area contributed by atoms with Crippen molar-refractivity contribution in [1.82, 2.24) is 4.72 Å². The first kappa shape index (κ1) is 21.1. The lowest BCUT2D eigenvalue weighted by Gasteiger charge is -2.11. The van der Waals surface area contributed by atoms with Gasteiger partial charge in [-0.2, -0.15) is 0 Å². The first-order chi connectivity index (χ1) is 13.8. The number of benzene rings is 2. The second kappa shape index (κ2) is 8.83. The number of rotatable bonds is 6. The summed E-state index contributed by atoms with van der Waals surface area (Å²) in [6.45, 7) is 0.615. The molecule has 3 rings (SSSR count). The number of nitrogens with one attached hydrogen (secondary N) is 2. The molecular weight excluding hydrogens is 414 g/mol. The summed E-state index contributed by atoms with van der Waals surface area (Å²) in [5, 5.41) is 0. The molecule has 0 saturated carbocycles. The van der Waals surface area contributed by atoms with Gasteiger partial charge in [-0.25, -0.2) is 16.8 Å². The first-order valence-electron chi connectivity index (χ1n) is 9.13. The van der Waals surface area contributed by atoms with Crippen molar-refractivity contribution in [2.75, 3.05) is 18.4 Å². The van der Waals surface area contributed by atoms with Crippen LogP contribution >= 0.6 is 0 Å². The Morgan fingerprint density at radius 1 is 0.793 bits per heavy atom. The summed E-state index contributed by atoms with van der Waals surface area (Å²) < 4.78 is 60.0. The SMILES string of the molecule is COc1ccc(S(=O)(=O)Nc2ccc(S(=O)(=O)NC3=NCCCCC3)cc2)cc1. The van der Waals surface area contributed by atoms with Crippen molar-refractivity contribution in [3.05, 3.63) is 48.5 Å². The van der Waals surface area contributed by atoms with Gasteiger partial charge in [-0.1, -0.05) is 6.42 Å². The van der Waals surface area contributed by atoms with Gasteiger partial charge in [0.05, 0.1) is 16.9 Å². The van der Waals surface area contributed by atoms with Gasteiger partial charge in [-0.15, -0.1) is 0 Å². The summed E-state index contributed by atoms with van der Waals surface area (Å²) in [6.07, 6.45) is 3.47. The lowest BCUT2D eigenvalue weighted by Crippen LogP contribution is -2.30. The number of anilines is 1. The number of hydrogen-bond acceptors (Lipinski definition) is 6. The summed E-state index contributed by atoms with van der Waals surface area (Å²) in [4.78, 5) is 4.38. The molecule has 0 bridgehead atoms. The van der Waals surface area contributed by atoms with Crippen LogP contribution in [0.3, 0.4) is 0 Å². The van der Waals surface area contributed by atoms with Crippen molar-refractivity contribution in [2.45, 2.75) is 35.5 Å². The molecule has 2 aromatic carbocycles. The van der Waals surface area contributed by atoms with Crippen LogP contribution in [0.5, 0.6) is 5.75 Å². The molecule has 0 radical (unpaired) electrons. The smallest absolute Gasteiger partial charge is 0.262 e. The van der Waals surface area contributed by atoms with Crippen molar-refractivity contribution in [2.24, 2.45) is 4.99 Å². The maximum absolute atomic E-state index is 12.5. The monoisotopic (exact) mass is 437 g/mol. The standard InChI is InChI=1S/C19H23N3O5S2/c1-27-16-8-12-18(13-9-16)28(23,24)21-15-6-10-17(11-7-15)29(25,26)22-19-5-3-2-4-14-20-19/h6-13,21H,2-5,14H2,1H3,(H,20,22). The minimum absolute atomic E-state index is 0.0387. The molecule has 0 unspecified atom stereocenters. The quantitative estimate of drug-likeness (QED) is 0.721. The van der Waals surface area contributed by atoms with Gasteiger partial charge in [0, 0.05) is 18.7 Å². The van der Waals surface area contributed by atoms with Gasteiger partial charge in [0.1, 0.15) is 11.6 Å². The van der Waals surface area contributed by atoms with Crippen molar-refractivity contribution in [3.8, 4) is 5.75 Å². The Morgan fingerprint density at radius 3 is 2.00 bits per heavy atom. The Balaban J connectivity index is 1.72. The number of amidine groups is 1. The second-order valence-corrected chi connectivity index (χ2v) is 9.91. The molecule has 0 saturated heterocycles. The Bertz CT molecular complexity index is 1080. The third kappa shape index (κ3) is 5.48. The molecule has 0 amide bonds. The summed E-state index contributed by atoms with van der Waals surface area (Å²) in [5.74, 6) is 1.01. The Hall–Kier alpha value is -2.59. The number of sulfonamides is 2. The maximum Gasteiger partial charge on any atom is 0.262 e. The molecule has 1 heterocycles. The van der Waals surface area contributed by atoms with Gasteiger partial charge in [0.15, 0.2) is 0 Å². The van der Waals surface area contributed by atoms with E-state index >= 15 is 0 Å². The van der Waals surface area contributed by atoms with Crippen LogP contribution in [0.2, 0.25) is 0 Å². The van der Waals surface area contributed by atoms with Gasteiger partial charge in [0.25, 0.3) is 20.0 Å². The van der Waals surface area contributed by atoms with Crippen LogP contribution in [0.15, 0.2) is 63.3 Å². The molecule has 0 aliphatic carbocycles. The van der Waals surface area contributed by atoms with Crippen LogP contribution in [0, 0.1) is 0 Å². The van der Waals surface area contributed by atoms with Crippen molar-refractivity contribution < 1.29 is 21.6 Å². The minimum Gasteiger partial charge on any atom is -0.497 e. The molecule has 2 N–H and O–H groups in total. The van der Waals surface area contributed by atoms with Gasteiger partial charge >= 0.3 is 0 Å². The van der Waals surface area contributed by atoms with Crippen molar-refractivity contribution in [1.29, 1.82) is 0 Å². The third-order valence-electron chi connectivity index (χ3n) is 4.41. The average Bonchev–Trinajstić information content (AvgIpc) is 2.96. The largest absolute Gasteiger partial charge is 0.497 e. The van der Waals surface area contributed by atoms with E-state index in [-0.39, 0.29) is 15.5 Å². The molecule has 1 aliphatic rings. The summed E-state index contributed by atoms with van der Waals surface area (Å²) in [5.41, 5.74) is 0.256. The molecule has 29 heavy (non-hydrogen) atoms. The van der Waals surface area contributed by atoms with Crippen LogP contribution in [0.25, 0.3) is 0 Å². The van der Waals surface area contributed by atoms with Crippen molar-refractivity contribution in [3.63, 3.8) is 0 Å². The average molecular weight is 438 g/mol. The molecule has 1 aliphatic heterocycles. The maximum atomic E-state index is 12.5. The minimum atomic E-state index is -3.80. The van der Waals surface area contributed by atoms with Gasteiger partial charge < -0.3 is 4.74 Å². The highest BCUT2D eigenvalue weighted by molar-refractivity contribution is 7.92. The lowest BCUT2D eigenvalue weighted by atomic mass is 10.2. The Kier molecular flexibility index (Phi) is 6.43. The first-order valence-corrected chi connectivity index (χ1v) is 12.1. The number of hydrogen-bond donors (Lipinski definition) is 2. The number of aliphatic imine (C=N–C) groups is 1. The molecule has 0 atom stereocenters. The molecular formula is C19H23N3O5S2. The molecule has 0 spiro atoms. The van der Waals surface area contributed by atoms with Crippen LogP contribution in [-0.4, -0.2) is 36.3 Å². The molecule has 10 heteroatoms. The predicted octanol–water partition coefficient (Wildman–Crippen LogP) is 2.75. The zero-order valence-corrected chi connectivity index (χ0v) is 17.6. The van der Waals surface area contributed by atoms with Crippen LogP contribution in [-0.2, 0) is 20.0 Å². The fraction of sp³-hybridized carbons (Fsp3) is 0.316. The highest BCUT2D eigenvalue weighted by Crippen LogP contribution is 2.21. The fourth-order valence-electron chi connectivity index (χ4n) is 2.84. The van der Waals surface area contributed by atoms with Crippen LogP contribution in [0.1, 0.15) is 25.7 Å². The van der Waals surface area contributed by atoms with Crippen molar-refractivity contribution >= 4 is 31.6 Å². The lowest BCUT2D eigenvalue weighted by molar-refractivity contribution is 0.414. The fourth-order valence-corrected chi connectivity index (χ4v) is 4.99. The topological polar surface area (TPSA) is 114 Å². The van der Waals surface area contributed by atoms with E-state index in [4.69, 9.17) is 4.74 Å². The summed E-state index contributed by atoms with van der Waals surface area (Å²) in [7, 11) is -6.08. The molecule has 2 aromatic rings. The van der Waals surface area contributed by atoms with E-state index in [2.05, 4.69) is 14.4 Å². The summed E-state index contributed by atoms with van der Waals surface area (Å²) >= 11 is 0. The molecule has 0 aromatic heterocycles. The predicted molar refractivity (Wildman–Crippen MR) is 111 cm³/mol. The normalized spacial score (nSPS) is 15.1. The van der Waals surface area contributed by atoms with Crippen LogP contribution in [0.4, 0.5) is 5.69 Å². The zero-order chi connectivity index (χ0) is 20.9. The highest BCUT2D eigenvalue weighted by Gasteiger charge is 2.18.